The molecule has 0 radical (unpaired) electrons. The molecule has 0 amide bonds. The lowest BCUT2D eigenvalue weighted by atomic mass is 10.2. The number of alkyl halides is 2. The Morgan fingerprint density at radius 3 is 2.77 bits per heavy atom. The zero-order valence-electron chi connectivity index (χ0n) is 6.13. The maximum atomic E-state index is 12.6. The van der Waals surface area contributed by atoms with Gasteiger partial charge in [-0.1, -0.05) is 0 Å². The van der Waals surface area contributed by atoms with Gasteiger partial charge in [0.1, 0.15) is 0 Å². The molecule has 0 aliphatic carbocycles. The number of nitrogens with zero attached hydrogens (tertiary/aromatic N) is 1. The first-order chi connectivity index (χ1) is 5.92. The van der Waals surface area contributed by atoms with Crippen molar-refractivity contribution < 1.29 is 18.7 Å². The van der Waals surface area contributed by atoms with Gasteiger partial charge in [0.15, 0.2) is 3.92 Å². The van der Waals surface area contributed by atoms with E-state index in [2.05, 4.69) is 20.9 Å². The molecule has 0 atom stereocenters. The lowest BCUT2D eigenvalue weighted by molar-refractivity contribution is -0.164. The van der Waals surface area contributed by atoms with Crippen molar-refractivity contribution in [2.45, 2.75) is 12.3 Å². The summed E-state index contributed by atoms with van der Waals surface area (Å²) in [5.74, 6) is -5.87. The van der Waals surface area contributed by atoms with Crippen LogP contribution in [0.3, 0.4) is 0 Å². The van der Waals surface area contributed by atoms with Gasteiger partial charge in [0.2, 0.25) is 0 Å². The maximum absolute atomic E-state index is 12.6. The lowest BCUT2D eigenvalue weighted by Gasteiger charge is -2.07. The second-order valence-corrected chi connectivity index (χ2v) is 4.41. The average molecular weight is 272 g/mol. The van der Waals surface area contributed by atoms with E-state index >= 15 is 0 Å². The highest BCUT2D eigenvalue weighted by Gasteiger charge is 2.39. The van der Waals surface area contributed by atoms with Crippen LogP contribution in [-0.2, 0) is 11.2 Å². The van der Waals surface area contributed by atoms with Crippen LogP contribution in [-0.4, -0.2) is 22.0 Å². The third-order valence-corrected chi connectivity index (χ3v) is 2.65. The van der Waals surface area contributed by atoms with Crippen molar-refractivity contribution >= 4 is 33.2 Å². The number of carboxylic acids is 1. The minimum Gasteiger partial charge on any atom is -0.477 e. The fourth-order valence-electron chi connectivity index (χ4n) is 0.667. The molecule has 1 rings (SSSR count). The second kappa shape index (κ2) is 3.67. The van der Waals surface area contributed by atoms with Crippen molar-refractivity contribution in [3.8, 4) is 0 Å². The Labute approximate surface area is 84.5 Å². The van der Waals surface area contributed by atoms with Crippen molar-refractivity contribution in [1.29, 1.82) is 0 Å². The molecule has 72 valence electrons. The molecule has 0 bridgehead atoms. The SMILES string of the molecule is O=C(O)C(F)(F)Cc1csc(Br)n1. The number of carbonyl (C=O) groups is 1. The highest BCUT2D eigenvalue weighted by atomic mass is 79.9. The van der Waals surface area contributed by atoms with Crippen LogP contribution < -0.4 is 0 Å². The highest BCUT2D eigenvalue weighted by Crippen LogP contribution is 2.23. The molecule has 0 aliphatic heterocycles. The number of carboxylic acid groups (broad SMARTS) is 1. The van der Waals surface area contributed by atoms with Crippen LogP contribution in [0.5, 0.6) is 0 Å². The summed E-state index contributed by atoms with van der Waals surface area (Å²) in [5.41, 5.74) is 0.0734. The quantitative estimate of drug-likeness (QED) is 0.917. The maximum Gasteiger partial charge on any atom is 0.374 e. The molecule has 1 N–H and O–H groups in total. The molecular formula is C6H4BrF2NO2S. The molecule has 0 saturated carbocycles. The Morgan fingerprint density at radius 1 is 1.77 bits per heavy atom. The van der Waals surface area contributed by atoms with Gasteiger partial charge in [-0.25, -0.2) is 9.78 Å². The molecule has 13 heavy (non-hydrogen) atoms. The molecule has 1 aromatic rings. The predicted molar refractivity (Wildman–Crippen MR) is 46.1 cm³/mol. The van der Waals surface area contributed by atoms with E-state index in [9.17, 15) is 13.6 Å². The molecule has 1 heterocycles. The zero-order valence-corrected chi connectivity index (χ0v) is 8.53. The number of rotatable bonds is 3. The summed E-state index contributed by atoms with van der Waals surface area (Å²) in [5, 5.41) is 9.51. The van der Waals surface area contributed by atoms with Crippen molar-refractivity contribution in [3.05, 3.63) is 15.0 Å². The fourth-order valence-corrected chi connectivity index (χ4v) is 1.71. The van der Waals surface area contributed by atoms with Gasteiger partial charge in [-0.05, 0) is 15.9 Å². The van der Waals surface area contributed by atoms with Crippen LogP contribution in [0, 0.1) is 0 Å². The van der Waals surface area contributed by atoms with Crippen LogP contribution in [0.1, 0.15) is 5.69 Å². The second-order valence-electron chi connectivity index (χ2n) is 2.28. The molecule has 1 aromatic heterocycles. The van der Waals surface area contributed by atoms with Crippen molar-refractivity contribution in [3.63, 3.8) is 0 Å². The summed E-state index contributed by atoms with van der Waals surface area (Å²) in [6, 6.07) is 0. The van der Waals surface area contributed by atoms with Crippen LogP contribution in [0.4, 0.5) is 8.78 Å². The molecule has 0 aromatic carbocycles. The van der Waals surface area contributed by atoms with E-state index in [1.54, 1.807) is 0 Å². The Bertz CT molecular complexity index is 328. The Kier molecular flexibility index (Phi) is 2.97. The first-order valence-corrected chi connectivity index (χ1v) is 4.80. The lowest BCUT2D eigenvalue weighted by Crippen LogP contribution is -2.30. The topological polar surface area (TPSA) is 50.2 Å². The third kappa shape index (κ3) is 2.70. The minimum atomic E-state index is -3.74. The van der Waals surface area contributed by atoms with Gasteiger partial charge in [-0.2, -0.15) is 8.78 Å². The summed E-state index contributed by atoms with van der Waals surface area (Å²) in [6.45, 7) is 0. The van der Waals surface area contributed by atoms with Gasteiger partial charge in [-0.15, -0.1) is 11.3 Å². The van der Waals surface area contributed by atoms with Gasteiger partial charge in [0, 0.05) is 5.38 Å². The van der Waals surface area contributed by atoms with E-state index in [-0.39, 0.29) is 5.69 Å². The van der Waals surface area contributed by atoms with E-state index in [1.165, 1.54) is 5.38 Å². The molecule has 0 fully saturated rings. The fraction of sp³-hybridized carbons (Fsp3) is 0.333. The Hall–Kier alpha value is -0.560. The number of aliphatic carboxylic acids is 1. The Morgan fingerprint density at radius 2 is 2.38 bits per heavy atom. The number of hydrogen-bond donors (Lipinski definition) is 1. The summed E-state index contributed by atoms with van der Waals surface area (Å²) in [4.78, 5) is 13.7. The number of aromatic nitrogens is 1. The van der Waals surface area contributed by atoms with E-state index < -0.39 is 18.3 Å². The smallest absolute Gasteiger partial charge is 0.374 e. The molecule has 0 saturated heterocycles. The highest BCUT2D eigenvalue weighted by molar-refractivity contribution is 9.11. The Balaban J connectivity index is 2.74. The van der Waals surface area contributed by atoms with Gasteiger partial charge in [-0.3, -0.25) is 0 Å². The average Bonchev–Trinajstić information content (AvgIpc) is 2.34. The van der Waals surface area contributed by atoms with Gasteiger partial charge < -0.3 is 5.11 Å². The van der Waals surface area contributed by atoms with Gasteiger partial charge >= 0.3 is 11.9 Å². The first-order valence-electron chi connectivity index (χ1n) is 3.13. The molecule has 7 heteroatoms. The molecule has 3 nitrogen and oxygen atoms in total. The molecule has 0 aliphatic rings. The van der Waals surface area contributed by atoms with Crippen LogP contribution in [0.25, 0.3) is 0 Å². The van der Waals surface area contributed by atoms with E-state index in [1.807, 2.05) is 0 Å². The molecule has 0 spiro atoms. The number of halogens is 3. The zero-order chi connectivity index (χ0) is 10.1. The predicted octanol–water partition coefficient (Wildman–Crippen LogP) is 2.17. The summed E-state index contributed by atoms with van der Waals surface area (Å²) in [7, 11) is 0. The van der Waals surface area contributed by atoms with Gasteiger partial charge in [0.05, 0.1) is 12.1 Å². The first kappa shape index (κ1) is 10.5. The third-order valence-electron chi connectivity index (χ3n) is 1.24. The number of thiazole rings is 1. The summed E-state index contributed by atoms with van der Waals surface area (Å²) < 4.78 is 25.6. The van der Waals surface area contributed by atoms with Crippen molar-refractivity contribution in [1.82, 2.24) is 4.98 Å². The van der Waals surface area contributed by atoms with E-state index in [0.717, 1.165) is 11.3 Å². The normalized spacial score (nSPS) is 11.6. The van der Waals surface area contributed by atoms with E-state index in [0.29, 0.717) is 3.92 Å². The summed E-state index contributed by atoms with van der Waals surface area (Å²) >= 11 is 4.13. The summed E-state index contributed by atoms with van der Waals surface area (Å²) in [6.07, 6.45) is -0.871. The standard InChI is InChI=1S/C6H4BrF2NO2S/c7-5-10-3(2-13-5)1-6(8,9)4(11)12/h2H,1H2,(H,11,12). The van der Waals surface area contributed by atoms with Crippen molar-refractivity contribution in [2.24, 2.45) is 0 Å². The minimum absolute atomic E-state index is 0.0734. The van der Waals surface area contributed by atoms with Crippen molar-refractivity contribution in [2.75, 3.05) is 0 Å². The van der Waals surface area contributed by atoms with E-state index in [4.69, 9.17) is 5.11 Å². The van der Waals surface area contributed by atoms with Crippen LogP contribution >= 0.6 is 27.3 Å². The monoisotopic (exact) mass is 271 g/mol. The van der Waals surface area contributed by atoms with Crippen LogP contribution in [0.15, 0.2) is 9.30 Å². The largest absolute Gasteiger partial charge is 0.477 e. The molecular weight excluding hydrogens is 268 g/mol. The molecule has 0 unspecified atom stereocenters. The van der Waals surface area contributed by atoms with Gasteiger partial charge in [0.25, 0.3) is 0 Å². The van der Waals surface area contributed by atoms with Crippen LogP contribution in [0.2, 0.25) is 0 Å². The number of hydrogen-bond acceptors (Lipinski definition) is 3.